The summed E-state index contributed by atoms with van der Waals surface area (Å²) in [5, 5.41) is 9.74. The molecule has 11 nitrogen and oxygen atoms in total. The summed E-state index contributed by atoms with van der Waals surface area (Å²) in [5.41, 5.74) is -0.688. The molecule has 1 fully saturated rings. The van der Waals surface area contributed by atoms with Crippen molar-refractivity contribution < 1.29 is 38.5 Å². The van der Waals surface area contributed by atoms with Crippen molar-refractivity contribution in [2.45, 2.75) is 65.6 Å². The summed E-state index contributed by atoms with van der Waals surface area (Å²) < 4.78 is 16.6. The highest BCUT2D eigenvalue weighted by Gasteiger charge is 2.42. The number of carbonyl (C=O) groups is 4. The predicted octanol–water partition coefficient (Wildman–Crippen LogP) is 3.54. The third-order valence-corrected chi connectivity index (χ3v) is 6.78. The average molecular weight is 548 g/mol. The second-order valence-corrected chi connectivity index (χ2v) is 11.5. The molecule has 1 N–H and O–H groups in total. The molecule has 2 aliphatic rings. The molecule has 0 aromatic heterocycles. The number of likely N-dealkylation sites (tertiary alicyclic amines) is 1. The maximum absolute atomic E-state index is 13.8. The molecule has 3 amide bonds. The Morgan fingerprint density at radius 1 is 1.18 bits per heavy atom. The van der Waals surface area contributed by atoms with Crippen LogP contribution in [0.3, 0.4) is 0 Å². The Morgan fingerprint density at radius 3 is 2.44 bits per heavy atom. The number of nitrogens with zero attached hydrogens (tertiary/aromatic N) is 3. The van der Waals surface area contributed by atoms with Crippen LogP contribution in [0.1, 0.15) is 54.4 Å². The number of carbonyl (C=O) groups excluding carboxylic acids is 3. The Hall–Kier alpha value is -3.34. The van der Waals surface area contributed by atoms with Gasteiger partial charge in [-0.2, -0.15) is 0 Å². The first-order chi connectivity index (χ1) is 18.2. The lowest BCUT2D eigenvalue weighted by Crippen LogP contribution is -2.53. The lowest BCUT2D eigenvalue weighted by atomic mass is 9.88. The Morgan fingerprint density at radius 2 is 1.85 bits per heavy atom. The number of ether oxygens (including phenoxy) is 3. The predicted molar refractivity (Wildman–Crippen MR) is 145 cm³/mol. The molecule has 39 heavy (non-hydrogen) atoms. The van der Waals surface area contributed by atoms with Gasteiger partial charge in [0.2, 0.25) is 5.91 Å². The molecule has 2 heterocycles. The fourth-order valence-corrected chi connectivity index (χ4v) is 4.93. The van der Waals surface area contributed by atoms with E-state index in [1.54, 1.807) is 69.7 Å². The number of piperidine rings is 1. The lowest BCUT2D eigenvalue weighted by molar-refractivity contribution is -0.145. The number of carboxylic acid groups (broad SMARTS) is 1. The molecule has 0 aliphatic carbocycles. The van der Waals surface area contributed by atoms with E-state index in [1.807, 2.05) is 6.92 Å². The summed E-state index contributed by atoms with van der Waals surface area (Å²) in [6.07, 6.45) is 0.0823. The van der Waals surface area contributed by atoms with Crippen molar-refractivity contribution in [2.75, 3.05) is 49.7 Å². The number of aliphatic carboxylic acids is 1. The van der Waals surface area contributed by atoms with Crippen molar-refractivity contribution in [1.82, 2.24) is 4.90 Å². The van der Waals surface area contributed by atoms with Gasteiger partial charge in [0.25, 0.3) is 5.91 Å². The van der Waals surface area contributed by atoms with Crippen molar-refractivity contribution >= 4 is 35.3 Å². The molecule has 1 aromatic carbocycles. The first-order valence-electron chi connectivity index (χ1n) is 13.3. The second-order valence-electron chi connectivity index (χ2n) is 11.5. The Bertz CT molecular complexity index is 1100. The molecule has 11 heteroatoms. The fourth-order valence-electron chi connectivity index (χ4n) is 4.93. The highest BCUT2D eigenvalue weighted by molar-refractivity contribution is 6.04. The normalized spacial score (nSPS) is 20.6. The number of benzene rings is 1. The van der Waals surface area contributed by atoms with E-state index < -0.39 is 35.1 Å². The molecule has 0 bridgehead atoms. The van der Waals surface area contributed by atoms with Crippen molar-refractivity contribution in [3.63, 3.8) is 0 Å². The van der Waals surface area contributed by atoms with E-state index in [2.05, 4.69) is 0 Å². The molecule has 0 spiro atoms. The van der Waals surface area contributed by atoms with E-state index in [1.165, 1.54) is 4.90 Å². The third-order valence-electron chi connectivity index (χ3n) is 6.78. The monoisotopic (exact) mass is 547 g/mol. The van der Waals surface area contributed by atoms with Crippen LogP contribution >= 0.6 is 0 Å². The number of fused-ring (bicyclic) bond motifs is 1. The van der Waals surface area contributed by atoms with Gasteiger partial charge in [0.15, 0.2) is 5.60 Å². The van der Waals surface area contributed by atoms with Crippen molar-refractivity contribution in [1.29, 1.82) is 0 Å². The number of carboxylic acids is 1. The molecule has 216 valence electrons. The number of rotatable bonds is 8. The standard InChI is InChI=1S/C28H41N3O8/c1-8-30(23(32)18-14-19(24(33)34)17-29(16-18)26(36)39-27(2,3)4)20-10-11-22-21(15-20)31(12-9-13-37-7)25(35)28(5,6)38-22/h10-11,15,18-19H,8-9,12-14,16-17H2,1-7H3,(H,33,34)/t18?,19-/m0/s1. The van der Waals surface area contributed by atoms with Crippen LogP contribution in [0.5, 0.6) is 5.75 Å². The van der Waals surface area contributed by atoms with Crippen LogP contribution in [0, 0.1) is 11.8 Å². The molecule has 0 radical (unpaired) electrons. The lowest BCUT2D eigenvalue weighted by Gasteiger charge is -2.40. The average Bonchev–Trinajstić information content (AvgIpc) is 2.85. The van der Waals surface area contributed by atoms with Crippen LogP contribution in [0.15, 0.2) is 18.2 Å². The van der Waals surface area contributed by atoms with E-state index in [9.17, 15) is 24.3 Å². The molecule has 2 aliphatic heterocycles. The molecule has 2 atom stereocenters. The van der Waals surface area contributed by atoms with Gasteiger partial charge in [-0.1, -0.05) is 0 Å². The van der Waals surface area contributed by atoms with Gasteiger partial charge in [-0.25, -0.2) is 4.79 Å². The third kappa shape index (κ3) is 7.00. The number of anilines is 2. The van der Waals surface area contributed by atoms with Gasteiger partial charge >= 0.3 is 12.1 Å². The molecule has 0 saturated carbocycles. The maximum atomic E-state index is 13.8. The van der Waals surface area contributed by atoms with Crippen molar-refractivity contribution in [2.24, 2.45) is 11.8 Å². The van der Waals surface area contributed by atoms with E-state index in [0.717, 1.165) is 0 Å². The van der Waals surface area contributed by atoms with Crippen LogP contribution in [-0.2, 0) is 23.9 Å². The van der Waals surface area contributed by atoms with Gasteiger partial charge in [-0.05, 0) is 72.6 Å². The van der Waals surface area contributed by atoms with E-state index in [0.29, 0.717) is 43.2 Å². The van der Waals surface area contributed by atoms with Gasteiger partial charge in [0.1, 0.15) is 11.4 Å². The number of hydrogen-bond donors (Lipinski definition) is 1. The second kappa shape index (κ2) is 11.8. The number of amides is 3. The first-order valence-corrected chi connectivity index (χ1v) is 13.3. The number of methoxy groups -OCH3 is 1. The summed E-state index contributed by atoms with van der Waals surface area (Å²) in [6, 6.07) is 5.24. The zero-order valence-corrected chi connectivity index (χ0v) is 24.0. The van der Waals surface area contributed by atoms with Gasteiger partial charge in [0.05, 0.1) is 17.5 Å². The molecule has 3 rings (SSSR count). The highest BCUT2D eigenvalue weighted by Crippen LogP contribution is 2.41. The van der Waals surface area contributed by atoms with Crippen LogP contribution < -0.4 is 14.5 Å². The Kier molecular flexibility index (Phi) is 9.15. The summed E-state index contributed by atoms with van der Waals surface area (Å²) in [5.74, 6) is -2.66. The molecular weight excluding hydrogens is 506 g/mol. The molecule has 1 unspecified atom stereocenters. The van der Waals surface area contributed by atoms with Crippen LogP contribution in [0.4, 0.5) is 16.2 Å². The first kappa shape index (κ1) is 30.2. The minimum Gasteiger partial charge on any atom is -0.481 e. The molecule has 1 aromatic rings. The smallest absolute Gasteiger partial charge is 0.410 e. The summed E-state index contributed by atoms with van der Waals surface area (Å²) >= 11 is 0. The quantitative estimate of drug-likeness (QED) is 0.490. The van der Waals surface area contributed by atoms with Crippen LogP contribution in [0.2, 0.25) is 0 Å². The zero-order valence-electron chi connectivity index (χ0n) is 24.0. The van der Waals surface area contributed by atoms with Crippen LogP contribution in [-0.4, -0.2) is 85.0 Å². The summed E-state index contributed by atoms with van der Waals surface area (Å²) in [6.45, 7) is 11.7. The topological polar surface area (TPSA) is 126 Å². The van der Waals surface area contributed by atoms with Gasteiger partial charge in [0, 0.05) is 45.6 Å². The minimum absolute atomic E-state index is 0.0231. The summed E-state index contributed by atoms with van der Waals surface area (Å²) in [4.78, 5) is 56.2. The van der Waals surface area contributed by atoms with E-state index >= 15 is 0 Å². The van der Waals surface area contributed by atoms with E-state index in [-0.39, 0.29) is 31.3 Å². The van der Waals surface area contributed by atoms with Gasteiger partial charge < -0.3 is 34.0 Å². The van der Waals surface area contributed by atoms with Crippen molar-refractivity contribution in [3.05, 3.63) is 18.2 Å². The zero-order chi connectivity index (χ0) is 29.1. The van der Waals surface area contributed by atoms with Crippen LogP contribution in [0.25, 0.3) is 0 Å². The van der Waals surface area contributed by atoms with Gasteiger partial charge in [-0.3, -0.25) is 14.4 Å². The van der Waals surface area contributed by atoms with E-state index in [4.69, 9.17) is 14.2 Å². The minimum atomic E-state index is -1.07. The Labute approximate surface area is 230 Å². The van der Waals surface area contributed by atoms with Gasteiger partial charge in [-0.15, -0.1) is 0 Å². The fraction of sp³-hybridized carbons (Fsp3) is 0.643. The largest absolute Gasteiger partial charge is 0.481 e. The summed E-state index contributed by atoms with van der Waals surface area (Å²) in [7, 11) is 1.60. The highest BCUT2D eigenvalue weighted by atomic mass is 16.6. The molecular formula is C28H41N3O8. The molecule has 1 saturated heterocycles. The SMILES string of the molecule is CCN(C(=O)C1C[C@H](C(=O)O)CN(C(=O)OC(C)(C)C)C1)c1ccc2c(c1)N(CCCOC)C(=O)C(C)(C)O2. The maximum Gasteiger partial charge on any atom is 0.410 e. The van der Waals surface area contributed by atoms with Crippen molar-refractivity contribution in [3.8, 4) is 5.75 Å². The Balaban J connectivity index is 1.90. The number of hydrogen-bond acceptors (Lipinski definition) is 7.